The smallest absolute Gasteiger partial charge is 0.0366 e. The summed E-state index contributed by atoms with van der Waals surface area (Å²) in [7, 11) is 0. The molecule has 16 heavy (non-hydrogen) atoms. The van der Waals surface area contributed by atoms with Gasteiger partial charge in [0, 0.05) is 18.8 Å². The van der Waals surface area contributed by atoms with Crippen LogP contribution in [0.25, 0.3) is 0 Å². The molecule has 0 radical (unpaired) electrons. The predicted octanol–water partition coefficient (Wildman–Crippen LogP) is 4.26. The Morgan fingerprint density at radius 3 is 2.44 bits per heavy atom. The first-order chi connectivity index (χ1) is 7.88. The first-order valence-corrected chi connectivity index (χ1v) is 6.29. The molecule has 0 aliphatic rings. The van der Waals surface area contributed by atoms with Gasteiger partial charge < -0.3 is 4.90 Å². The highest BCUT2D eigenvalue weighted by molar-refractivity contribution is 5.45. The SMILES string of the molecule is C=CCCCN(CCCC)c1ccccc1. The van der Waals surface area contributed by atoms with Gasteiger partial charge in [-0.15, -0.1) is 6.58 Å². The van der Waals surface area contributed by atoms with Gasteiger partial charge in [0.05, 0.1) is 0 Å². The quantitative estimate of drug-likeness (QED) is 0.464. The summed E-state index contributed by atoms with van der Waals surface area (Å²) in [5.74, 6) is 0. The van der Waals surface area contributed by atoms with Crippen molar-refractivity contribution in [1.29, 1.82) is 0 Å². The maximum absolute atomic E-state index is 3.77. The molecule has 0 bridgehead atoms. The van der Waals surface area contributed by atoms with E-state index in [0.717, 1.165) is 19.5 Å². The fourth-order valence-corrected chi connectivity index (χ4v) is 1.78. The highest BCUT2D eigenvalue weighted by Crippen LogP contribution is 2.14. The number of hydrogen-bond acceptors (Lipinski definition) is 1. The zero-order valence-electron chi connectivity index (χ0n) is 10.4. The van der Waals surface area contributed by atoms with Crippen LogP contribution >= 0.6 is 0 Å². The van der Waals surface area contributed by atoms with Crippen LogP contribution in [0, 0.1) is 0 Å². The third-order valence-electron chi connectivity index (χ3n) is 2.74. The van der Waals surface area contributed by atoms with Crippen LogP contribution in [-0.2, 0) is 0 Å². The van der Waals surface area contributed by atoms with Crippen molar-refractivity contribution in [1.82, 2.24) is 0 Å². The summed E-state index contributed by atoms with van der Waals surface area (Å²) in [6.45, 7) is 8.32. The lowest BCUT2D eigenvalue weighted by molar-refractivity contribution is 0.690. The zero-order chi connectivity index (χ0) is 11.6. The maximum atomic E-state index is 3.77. The van der Waals surface area contributed by atoms with Crippen molar-refractivity contribution in [3.8, 4) is 0 Å². The second-order valence-corrected chi connectivity index (χ2v) is 4.11. The van der Waals surface area contributed by atoms with E-state index in [0.29, 0.717) is 0 Å². The van der Waals surface area contributed by atoms with Crippen LogP contribution in [0.2, 0.25) is 0 Å². The summed E-state index contributed by atoms with van der Waals surface area (Å²) in [6.07, 6.45) is 6.83. The minimum absolute atomic E-state index is 1.11. The fraction of sp³-hybridized carbons (Fsp3) is 0.467. The lowest BCUT2D eigenvalue weighted by Gasteiger charge is -2.24. The molecule has 0 saturated heterocycles. The first-order valence-electron chi connectivity index (χ1n) is 6.29. The summed E-state index contributed by atoms with van der Waals surface area (Å²) in [5, 5.41) is 0. The van der Waals surface area contributed by atoms with Gasteiger partial charge >= 0.3 is 0 Å². The van der Waals surface area contributed by atoms with Crippen molar-refractivity contribution in [2.45, 2.75) is 32.6 Å². The van der Waals surface area contributed by atoms with E-state index in [9.17, 15) is 0 Å². The zero-order valence-corrected chi connectivity index (χ0v) is 10.4. The molecule has 0 aliphatic carbocycles. The van der Waals surface area contributed by atoms with Crippen molar-refractivity contribution in [3.05, 3.63) is 43.0 Å². The van der Waals surface area contributed by atoms with Gasteiger partial charge in [0.25, 0.3) is 0 Å². The molecular weight excluding hydrogens is 194 g/mol. The Morgan fingerprint density at radius 1 is 1.12 bits per heavy atom. The van der Waals surface area contributed by atoms with Gasteiger partial charge in [-0.2, -0.15) is 0 Å². The first kappa shape index (κ1) is 12.8. The second-order valence-electron chi connectivity index (χ2n) is 4.11. The van der Waals surface area contributed by atoms with Crippen LogP contribution in [0.1, 0.15) is 32.6 Å². The van der Waals surface area contributed by atoms with Crippen molar-refractivity contribution < 1.29 is 0 Å². The summed E-state index contributed by atoms with van der Waals surface area (Å²) in [4.78, 5) is 2.48. The molecule has 0 N–H and O–H groups in total. The standard InChI is InChI=1S/C15H23N/c1-3-5-10-14-16(13-6-4-2)15-11-8-7-9-12-15/h3,7-9,11-12H,1,4-6,10,13-14H2,2H3. The number of allylic oxidation sites excluding steroid dienone is 1. The predicted molar refractivity (Wildman–Crippen MR) is 73.0 cm³/mol. The van der Waals surface area contributed by atoms with E-state index in [1.165, 1.54) is 24.9 Å². The molecule has 0 unspecified atom stereocenters. The topological polar surface area (TPSA) is 3.24 Å². The number of anilines is 1. The van der Waals surface area contributed by atoms with Crippen molar-refractivity contribution >= 4 is 5.69 Å². The number of benzene rings is 1. The van der Waals surface area contributed by atoms with Gasteiger partial charge in [0.1, 0.15) is 0 Å². The van der Waals surface area contributed by atoms with Crippen molar-refractivity contribution in [2.75, 3.05) is 18.0 Å². The number of para-hydroxylation sites is 1. The van der Waals surface area contributed by atoms with Crippen LogP contribution < -0.4 is 4.90 Å². The molecule has 1 aromatic carbocycles. The average Bonchev–Trinajstić information content (AvgIpc) is 2.35. The summed E-state index contributed by atoms with van der Waals surface area (Å²) in [5.41, 5.74) is 1.35. The molecule has 1 heteroatoms. The normalized spacial score (nSPS) is 10.1. The molecule has 0 amide bonds. The Kier molecular flexibility index (Phi) is 6.39. The van der Waals surface area contributed by atoms with Crippen molar-refractivity contribution in [2.24, 2.45) is 0 Å². The molecule has 0 fully saturated rings. The molecule has 0 saturated carbocycles. The second kappa shape index (κ2) is 7.98. The van der Waals surface area contributed by atoms with Crippen LogP contribution in [0.15, 0.2) is 43.0 Å². The number of nitrogens with zero attached hydrogens (tertiary/aromatic N) is 1. The van der Waals surface area contributed by atoms with Gasteiger partial charge in [0.2, 0.25) is 0 Å². The van der Waals surface area contributed by atoms with E-state index in [1.807, 2.05) is 6.08 Å². The van der Waals surface area contributed by atoms with E-state index in [-0.39, 0.29) is 0 Å². The maximum Gasteiger partial charge on any atom is 0.0366 e. The molecule has 0 aromatic heterocycles. The highest BCUT2D eigenvalue weighted by Gasteiger charge is 2.03. The molecule has 0 spiro atoms. The van der Waals surface area contributed by atoms with E-state index < -0.39 is 0 Å². The lowest BCUT2D eigenvalue weighted by atomic mass is 10.2. The monoisotopic (exact) mass is 217 g/mol. The third kappa shape index (κ3) is 4.52. The average molecular weight is 217 g/mol. The van der Waals surface area contributed by atoms with Crippen LogP contribution in [0.3, 0.4) is 0 Å². The van der Waals surface area contributed by atoms with Crippen LogP contribution in [0.5, 0.6) is 0 Å². The molecule has 0 atom stereocenters. The molecule has 1 nitrogen and oxygen atoms in total. The van der Waals surface area contributed by atoms with Crippen LogP contribution in [-0.4, -0.2) is 13.1 Å². The fourth-order valence-electron chi connectivity index (χ4n) is 1.78. The van der Waals surface area contributed by atoms with Gasteiger partial charge in [-0.05, 0) is 31.4 Å². The van der Waals surface area contributed by atoms with E-state index >= 15 is 0 Å². The summed E-state index contributed by atoms with van der Waals surface area (Å²) < 4.78 is 0. The number of rotatable bonds is 8. The van der Waals surface area contributed by atoms with E-state index in [1.54, 1.807) is 0 Å². The summed E-state index contributed by atoms with van der Waals surface area (Å²) in [6, 6.07) is 10.7. The largest absolute Gasteiger partial charge is 0.372 e. The minimum Gasteiger partial charge on any atom is -0.372 e. The minimum atomic E-state index is 1.11. The Hall–Kier alpha value is -1.24. The Labute approximate surface area is 99.8 Å². The summed E-state index contributed by atoms with van der Waals surface area (Å²) >= 11 is 0. The van der Waals surface area contributed by atoms with Gasteiger partial charge in [-0.25, -0.2) is 0 Å². The third-order valence-corrected chi connectivity index (χ3v) is 2.74. The Bertz CT molecular complexity index is 279. The number of hydrogen-bond donors (Lipinski definition) is 0. The molecule has 0 heterocycles. The Balaban J connectivity index is 2.52. The van der Waals surface area contributed by atoms with Gasteiger partial charge in [-0.3, -0.25) is 0 Å². The van der Waals surface area contributed by atoms with Crippen LogP contribution in [0.4, 0.5) is 5.69 Å². The number of unbranched alkanes of at least 4 members (excludes halogenated alkanes) is 2. The molecule has 0 aliphatic heterocycles. The van der Waals surface area contributed by atoms with E-state index in [4.69, 9.17) is 0 Å². The van der Waals surface area contributed by atoms with Crippen molar-refractivity contribution in [3.63, 3.8) is 0 Å². The molecule has 1 rings (SSSR count). The molecular formula is C15H23N. The Morgan fingerprint density at radius 2 is 1.81 bits per heavy atom. The highest BCUT2D eigenvalue weighted by atomic mass is 15.1. The molecule has 88 valence electrons. The van der Waals surface area contributed by atoms with Gasteiger partial charge in [-0.1, -0.05) is 37.6 Å². The van der Waals surface area contributed by atoms with Gasteiger partial charge in [0.15, 0.2) is 0 Å². The van der Waals surface area contributed by atoms with E-state index in [2.05, 4.69) is 48.7 Å². The molecule has 1 aromatic rings. The lowest BCUT2D eigenvalue weighted by Crippen LogP contribution is -2.25.